The molecule has 34 heavy (non-hydrogen) atoms. The van der Waals surface area contributed by atoms with Gasteiger partial charge in [0.15, 0.2) is 11.5 Å². The summed E-state index contributed by atoms with van der Waals surface area (Å²) in [7, 11) is 0. The number of esters is 1. The minimum atomic E-state index is -0.529. The van der Waals surface area contributed by atoms with Crippen LogP contribution in [0.4, 0.5) is 5.82 Å². The maximum Gasteiger partial charge on any atom is 0.343 e. The van der Waals surface area contributed by atoms with Gasteiger partial charge < -0.3 is 10.5 Å². The fraction of sp³-hybridized carbons (Fsp3) is 0.120. The molecule has 8 nitrogen and oxygen atoms in total. The summed E-state index contributed by atoms with van der Waals surface area (Å²) >= 11 is 6.11. The summed E-state index contributed by atoms with van der Waals surface area (Å²) in [6.45, 7) is 3.90. The van der Waals surface area contributed by atoms with E-state index in [4.69, 9.17) is 32.2 Å². The van der Waals surface area contributed by atoms with Crippen LogP contribution in [0.25, 0.3) is 33.8 Å². The number of ether oxygens (including phenoxy) is 1. The van der Waals surface area contributed by atoms with Crippen LogP contribution in [0, 0.1) is 6.92 Å². The summed E-state index contributed by atoms with van der Waals surface area (Å²) in [5.74, 6) is 0.171. The van der Waals surface area contributed by atoms with E-state index in [1.54, 1.807) is 11.4 Å². The van der Waals surface area contributed by atoms with Crippen molar-refractivity contribution in [2.24, 2.45) is 0 Å². The maximum atomic E-state index is 12.3. The van der Waals surface area contributed by atoms with Crippen LogP contribution in [0.1, 0.15) is 23.0 Å². The molecule has 9 heteroatoms. The molecule has 0 unspecified atom stereocenters. The Morgan fingerprint density at radius 2 is 1.82 bits per heavy atom. The molecule has 2 aromatic carbocycles. The zero-order valence-electron chi connectivity index (χ0n) is 18.6. The first kappa shape index (κ1) is 21.7. The molecule has 3 heterocycles. The van der Waals surface area contributed by atoms with Crippen molar-refractivity contribution in [1.82, 2.24) is 24.4 Å². The van der Waals surface area contributed by atoms with Gasteiger partial charge in [0, 0.05) is 22.2 Å². The average molecular weight is 473 g/mol. The molecule has 0 aliphatic heterocycles. The Morgan fingerprint density at radius 3 is 2.53 bits per heavy atom. The smallest absolute Gasteiger partial charge is 0.343 e. The predicted octanol–water partition coefficient (Wildman–Crippen LogP) is 4.97. The third-order valence-electron chi connectivity index (χ3n) is 5.47. The first-order valence-electron chi connectivity index (χ1n) is 10.7. The van der Waals surface area contributed by atoms with Gasteiger partial charge in [-0.25, -0.2) is 9.78 Å². The molecule has 3 aromatic heterocycles. The lowest BCUT2D eigenvalue weighted by Crippen LogP contribution is -2.12. The predicted molar refractivity (Wildman–Crippen MR) is 131 cm³/mol. The summed E-state index contributed by atoms with van der Waals surface area (Å²) in [6, 6.07) is 19.2. The number of benzene rings is 2. The summed E-state index contributed by atoms with van der Waals surface area (Å²) in [4.78, 5) is 17.3. The first-order chi connectivity index (χ1) is 16.5. The molecule has 5 aromatic rings. The van der Waals surface area contributed by atoms with E-state index in [1.165, 1.54) is 10.9 Å². The fourth-order valence-corrected chi connectivity index (χ4v) is 4.00. The molecule has 170 valence electrons. The number of carbonyl (C=O) groups excluding carboxylic acids is 1. The van der Waals surface area contributed by atoms with E-state index in [2.05, 4.69) is 5.10 Å². The van der Waals surface area contributed by atoms with E-state index in [0.29, 0.717) is 22.2 Å². The van der Waals surface area contributed by atoms with E-state index in [-0.39, 0.29) is 18.0 Å². The van der Waals surface area contributed by atoms with Crippen molar-refractivity contribution in [3.8, 4) is 28.2 Å². The first-order valence-corrected chi connectivity index (χ1v) is 11.1. The van der Waals surface area contributed by atoms with E-state index in [9.17, 15) is 4.79 Å². The summed E-state index contributed by atoms with van der Waals surface area (Å²) < 4.78 is 8.27. The van der Waals surface area contributed by atoms with E-state index >= 15 is 0 Å². The largest absolute Gasteiger partial charge is 0.462 e. The number of hydrogen-bond acceptors (Lipinski definition) is 6. The Balaban J connectivity index is 1.79. The highest BCUT2D eigenvalue weighted by Gasteiger charge is 2.22. The lowest BCUT2D eigenvalue weighted by atomic mass is 10.1. The molecule has 0 aliphatic carbocycles. The highest BCUT2D eigenvalue weighted by atomic mass is 35.5. The third-order valence-corrected chi connectivity index (χ3v) is 5.72. The molecule has 5 rings (SSSR count). The molecule has 0 fully saturated rings. The number of hydrogen-bond donors (Lipinski definition) is 1. The second-order valence-corrected chi connectivity index (χ2v) is 8.08. The van der Waals surface area contributed by atoms with Crippen LogP contribution >= 0.6 is 11.6 Å². The van der Waals surface area contributed by atoms with Crippen molar-refractivity contribution in [3.05, 3.63) is 83.1 Å². The molecular weight excluding hydrogens is 452 g/mol. The lowest BCUT2D eigenvalue weighted by Gasteiger charge is -2.11. The van der Waals surface area contributed by atoms with Crippen LogP contribution in [-0.4, -0.2) is 37.0 Å². The summed E-state index contributed by atoms with van der Waals surface area (Å²) in [6.07, 6.45) is 1.40. The zero-order valence-corrected chi connectivity index (χ0v) is 19.3. The summed E-state index contributed by atoms with van der Waals surface area (Å²) in [5.41, 5.74) is 11.4. The van der Waals surface area contributed by atoms with Gasteiger partial charge in [0.1, 0.15) is 11.4 Å². The van der Waals surface area contributed by atoms with Gasteiger partial charge in [-0.05, 0) is 31.5 Å². The van der Waals surface area contributed by atoms with Crippen molar-refractivity contribution in [3.63, 3.8) is 0 Å². The molecular formula is C25H21ClN6O2. The number of aryl methyl sites for hydroxylation is 1. The SMILES string of the molecule is CCOC(=O)c1cnn(-c2cc(-c3ccccc3)nc3c(-c4ccc(Cl)cc4)c(C)nn23)c1N. The Morgan fingerprint density at radius 1 is 1.09 bits per heavy atom. The average Bonchev–Trinajstić information content (AvgIpc) is 3.39. The van der Waals surface area contributed by atoms with Gasteiger partial charge in [-0.3, -0.25) is 0 Å². The van der Waals surface area contributed by atoms with Crippen LogP contribution < -0.4 is 5.73 Å². The van der Waals surface area contributed by atoms with Crippen molar-refractivity contribution in [2.75, 3.05) is 12.3 Å². The maximum absolute atomic E-state index is 12.3. The number of aromatic nitrogens is 5. The molecule has 0 spiro atoms. The monoisotopic (exact) mass is 472 g/mol. The van der Waals surface area contributed by atoms with Gasteiger partial charge >= 0.3 is 5.97 Å². The lowest BCUT2D eigenvalue weighted by molar-refractivity contribution is 0.0527. The van der Waals surface area contributed by atoms with Crippen molar-refractivity contribution < 1.29 is 9.53 Å². The quantitative estimate of drug-likeness (QED) is 0.362. The Kier molecular flexibility index (Phi) is 5.51. The van der Waals surface area contributed by atoms with Crippen LogP contribution in [0.15, 0.2) is 66.9 Å². The molecule has 0 atom stereocenters. The van der Waals surface area contributed by atoms with Crippen molar-refractivity contribution >= 4 is 29.0 Å². The Bertz CT molecular complexity index is 1510. The van der Waals surface area contributed by atoms with Gasteiger partial charge in [-0.2, -0.15) is 19.4 Å². The van der Waals surface area contributed by atoms with Crippen LogP contribution in [0.3, 0.4) is 0 Å². The van der Waals surface area contributed by atoms with Gasteiger partial charge in [-0.15, -0.1) is 0 Å². The van der Waals surface area contributed by atoms with Gasteiger partial charge in [0.05, 0.1) is 24.2 Å². The Hall–Kier alpha value is -4.17. The minimum Gasteiger partial charge on any atom is -0.462 e. The summed E-state index contributed by atoms with van der Waals surface area (Å²) in [5, 5.41) is 9.77. The van der Waals surface area contributed by atoms with Gasteiger partial charge in [0.25, 0.3) is 0 Å². The number of fused-ring (bicyclic) bond motifs is 1. The fourth-order valence-electron chi connectivity index (χ4n) is 3.88. The van der Waals surface area contributed by atoms with Crippen LogP contribution in [0.2, 0.25) is 5.02 Å². The number of rotatable bonds is 5. The normalized spacial score (nSPS) is 11.1. The van der Waals surface area contributed by atoms with Gasteiger partial charge in [-0.1, -0.05) is 54.1 Å². The van der Waals surface area contributed by atoms with Crippen molar-refractivity contribution in [1.29, 1.82) is 0 Å². The number of nitrogens with zero attached hydrogens (tertiary/aromatic N) is 5. The second kappa shape index (κ2) is 8.64. The number of anilines is 1. The number of carbonyl (C=O) groups is 1. The van der Waals surface area contributed by atoms with Crippen molar-refractivity contribution in [2.45, 2.75) is 13.8 Å². The van der Waals surface area contributed by atoms with E-state index < -0.39 is 5.97 Å². The minimum absolute atomic E-state index is 0.158. The third kappa shape index (κ3) is 3.68. The van der Waals surface area contributed by atoms with Crippen LogP contribution in [0.5, 0.6) is 0 Å². The van der Waals surface area contributed by atoms with E-state index in [1.807, 2.05) is 67.6 Å². The number of nitrogens with two attached hydrogens (primary N) is 1. The van der Waals surface area contributed by atoms with Gasteiger partial charge in [0.2, 0.25) is 0 Å². The molecule has 0 aliphatic rings. The second-order valence-electron chi connectivity index (χ2n) is 7.64. The molecule has 0 bridgehead atoms. The molecule has 0 saturated carbocycles. The molecule has 0 radical (unpaired) electrons. The number of halogens is 1. The Labute approximate surface area is 200 Å². The molecule has 2 N–H and O–H groups in total. The highest BCUT2D eigenvalue weighted by molar-refractivity contribution is 6.30. The zero-order chi connectivity index (χ0) is 23.8. The standard InChI is InChI=1S/C25H21ClN6O2/c1-3-34-25(33)19-14-28-31(23(19)27)21-13-20(16-7-5-4-6-8-16)29-24-22(15(2)30-32(21)24)17-9-11-18(26)12-10-17/h4-14H,3,27H2,1-2H3. The topological polar surface area (TPSA) is 100 Å². The number of nitrogen functional groups attached to an aromatic ring is 1. The van der Waals surface area contributed by atoms with E-state index in [0.717, 1.165) is 22.4 Å². The van der Waals surface area contributed by atoms with Crippen LogP contribution in [-0.2, 0) is 4.74 Å². The molecule has 0 saturated heterocycles. The molecule has 0 amide bonds. The highest BCUT2D eigenvalue weighted by Crippen LogP contribution is 2.32.